The van der Waals surface area contributed by atoms with Crippen molar-refractivity contribution in [3.05, 3.63) is 76.5 Å². The standard InChI is InChI=1S/C30H34F7N2O/c1-18-13-23(31)9-10-25(18)27-17-39(24-7-5-4-6-8-24)12-11-26(27)28(40)38(3)19(2)20-14-21(29(32,33)34)16-22(15-20)30(35,36)37/h4,9-10,13-16,19,24,26-27H,5-8,11-12,17H2,1-3H3/t19-,26-,27+/m0/s1. The number of piperidine rings is 1. The first-order valence-electron chi connectivity index (χ1n) is 13.5. The number of carbonyl (C=O) groups is 1. The molecule has 1 amide bonds. The van der Waals surface area contributed by atoms with Crippen molar-refractivity contribution >= 4 is 5.91 Å². The van der Waals surface area contributed by atoms with E-state index >= 15 is 0 Å². The Bertz CT molecular complexity index is 1170. The predicted octanol–water partition coefficient (Wildman–Crippen LogP) is 7.94. The molecule has 1 saturated carbocycles. The fourth-order valence-corrected chi connectivity index (χ4v) is 6.15. The molecule has 1 saturated heterocycles. The van der Waals surface area contributed by atoms with E-state index in [0.717, 1.165) is 31.2 Å². The van der Waals surface area contributed by atoms with Crippen LogP contribution < -0.4 is 0 Å². The summed E-state index contributed by atoms with van der Waals surface area (Å²) >= 11 is 0. The molecule has 10 heteroatoms. The molecule has 40 heavy (non-hydrogen) atoms. The van der Waals surface area contributed by atoms with E-state index in [2.05, 4.69) is 11.3 Å². The quantitative estimate of drug-likeness (QED) is 0.340. The third kappa shape index (κ3) is 6.64. The van der Waals surface area contributed by atoms with E-state index in [1.807, 2.05) is 0 Å². The Balaban J connectivity index is 1.65. The van der Waals surface area contributed by atoms with Crippen molar-refractivity contribution in [3.8, 4) is 0 Å². The Hall–Kier alpha value is -2.62. The Kier molecular flexibility index (Phi) is 8.88. The van der Waals surface area contributed by atoms with E-state index in [1.54, 1.807) is 13.0 Å². The molecule has 0 spiro atoms. The van der Waals surface area contributed by atoms with Crippen molar-refractivity contribution in [1.82, 2.24) is 9.80 Å². The van der Waals surface area contributed by atoms with Gasteiger partial charge in [0.2, 0.25) is 5.91 Å². The second-order valence-electron chi connectivity index (χ2n) is 11.1. The molecule has 2 aromatic rings. The summed E-state index contributed by atoms with van der Waals surface area (Å²) in [5.74, 6) is -1.61. The van der Waals surface area contributed by atoms with E-state index in [0.29, 0.717) is 43.2 Å². The summed E-state index contributed by atoms with van der Waals surface area (Å²) in [5.41, 5.74) is -1.55. The van der Waals surface area contributed by atoms with E-state index in [4.69, 9.17) is 0 Å². The highest BCUT2D eigenvalue weighted by Gasteiger charge is 2.41. The summed E-state index contributed by atoms with van der Waals surface area (Å²) in [6.07, 6.45) is -3.15. The topological polar surface area (TPSA) is 23.6 Å². The Labute approximate surface area is 230 Å². The van der Waals surface area contributed by atoms with Gasteiger partial charge in [-0.2, -0.15) is 26.3 Å². The number of hydrogen-bond donors (Lipinski definition) is 0. The van der Waals surface area contributed by atoms with Crippen molar-refractivity contribution in [2.45, 2.75) is 76.3 Å². The smallest absolute Gasteiger partial charge is 0.339 e. The molecule has 1 heterocycles. The van der Waals surface area contributed by atoms with Crippen molar-refractivity contribution in [1.29, 1.82) is 0 Å². The highest BCUT2D eigenvalue weighted by atomic mass is 19.4. The average molecular weight is 572 g/mol. The van der Waals surface area contributed by atoms with Crippen LogP contribution in [0.5, 0.6) is 0 Å². The molecular weight excluding hydrogens is 537 g/mol. The number of likely N-dealkylation sites (tertiary alicyclic amines) is 1. The van der Waals surface area contributed by atoms with Gasteiger partial charge in [-0.3, -0.25) is 9.69 Å². The molecule has 0 bridgehead atoms. The molecule has 0 unspecified atom stereocenters. The van der Waals surface area contributed by atoms with Gasteiger partial charge in [0.1, 0.15) is 5.82 Å². The van der Waals surface area contributed by atoms with Crippen LogP contribution in [0.1, 0.15) is 78.8 Å². The lowest BCUT2D eigenvalue weighted by atomic mass is 9.77. The number of carbonyl (C=O) groups excluding carboxylic acids is 1. The van der Waals surface area contributed by atoms with Crippen LogP contribution in [0.15, 0.2) is 36.4 Å². The summed E-state index contributed by atoms with van der Waals surface area (Å²) in [7, 11) is 1.42. The minimum absolute atomic E-state index is 0.0874. The van der Waals surface area contributed by atoms with Crippen molar-refractivity contribution in [2.24, 2.45) is 5.92 Å². The van der Waals surface area contributed by atoms with Gasteiger partial charge in [-0.15, -0.1) is 0 Å². The van der Waals surface area contributed by atoms with Gasteiger partial charge in [-0.1, -0.05) is 6.07 Å². The molecule has 1 aliphatic carbocycles. The van der Waals surface area contributed by atoms with Gasteiger partial charge in [0, 0.05) is 31.5 Å². The van der Waals surface area contributed by atoms with Crippen molar-refractivity contribution in [3.63, 3.8) is 0 Å². The van der Waals surface area contributed by atoms with E-state index in [1.165, 1.54) is 31.0 Å². The van der Waals surface area contributed by atoms with Crippen LogP contribution in [0.2, 0.25) is 0 Å². The lowest BCUT2D eigenvalue weighted by molar-refractivity contribution is -0.143. The number of halogens is 7. The number of benzene rings is 2. The summed E-state index contributed by atoms with van der Waals surface area (Å²) in [5, 5.41) is 0. The summed E-state index contributed by atoms with van der Waals surface area (Å²) in [6, 6.07) is 5.21. The molecule has 219 valence electrons. The Morgan fingerprint density at radius 1 is 0.950 bits per heavy atom. The predicted molar refractivity (Wildman–Crippen MR) is 138 cm³/mol. The van der Waals surface area contributed by atoms with Gasteiger partial charge in [0.25, 0.3) is 0 Å². The molecule has 0 N–H and O–H groups in total. The molecule has 3 nitrogen and oxygen atoms in total. The zero-order valence-corrected chi connectivity index (χ0v) is 22.7. The van der Waals surface area contributed by atoms with E-state index in [9.17, 15) is 35.5 Å². The van der Waals surface area contributed by atoms with Crippen LogP contribution in [-0.4, -0.2) is 41.9 Å². The monoisotopic (exact) mass is 571 g/mol. The Morgan fingerprint density at radius 2 is 1.55 bits per heavy atom. The van der Waals surface area contributed by atoms with Crippen LogP contribution in [0.25, 0.3) is 0 Å². The second kappa shape index (κ2) is 11.7. The normalized spacial score (nSPS) is 22.2. The molecule has 3 atom stereocenters. The van der Waals surface area contributed by atoms with E-state index in [-0.39, 0.29) is 23.5 Å². The maximum absolute atomic E-state index is 13.9. The minimum atomic E-state index is -4.98. The first kappa shape index (κ1) is 30.3. The van der Waals surface area contributed by atoms with Crippen LogP contribution >= 0.6 is 0 Å². The van der Waals surface area contributed by atoms with Crippen molar-refractivity contribution < 1.29 is 35.5 Å². The minimum Gasteiger partial charge on any atom is -0.339 e. The Morgan fingerprint density at radius 3 is 2.10 bits per heavy atom. The highest BCUT2D eigenvalue weighted by Crippen LogP contribution is 2.41. The first-order chi connectivity index (χ1) is 18.7. The second-order valence-corrected chi connectivity index (χ2v) is 11.1. The van der Waals surface area contributed by atoms with Gasteiger partial charge < -0.3 is 4.90 Å². The highest BCUT2D eigenvalue weighted by molar-refractivity contribution is 5.80. The lowest BCUT2D eigenvalue weighted by Crippen LogP contribution is -2.50. The van der Waals surface area contributed by atoms with Crippen molar-refractivity contribution in [2.75, 3.05) is 20.1 Å². The largest absolute Gasteiger partial charge is 0.416 e. The molecular formula is C30H34F7N2O. The van der Waals surface area contributed by atoms with Crippen LogP contribution in [0, 0.1) is 25.1 Å². The molecule has 2 aliphatic rings. The lowest BCUT2D eigenvalue weighted by Gasteiger charge is -2.44. The first-order valence-corrected chi connectivity index (χ1v) is 13.5. The van der Waals surface area contributed by atoms with Gasteiger partial charge in [-0.05, 0) is 106 Å². The average Bonchev–Trinajstić information content (AvgIpc) is 2.91. The maximum Gasteiger partial charge on any atom is 0.416 e. The van der Waals surface area contributed by atoms with Crippen LogP contribution in [0.4, 0.5) is 30.7 Å². The third-order valence-electron chi connectivity index (χ3n) is 8.54. The third-order valence-corrected chi connectivity index (χ3v) is 8.54. The number of nitrogens with zero attached hydrogens (tertiary/aromatic N) is 2. The fourth-order valence-electron chi connectivity index (χ4n) is 6.15. The van der Waals surface area contributed by atoms with Gasteiger partial charge in [0.05, 0.1) is 17.2 Å². The van der Waals surface area contributed by atoms with Crippen LogP contribution in [0.3, 0.4) is 0 Å². The molecule has 1 radical (unpaired) electrons. The number of aryl methyl sites for hydroxylation is 1. The van der Waals surface area contributed by atoms with Gasteiger partial charge >= 0.3 is 12.4 Å². The SMILES string of the molecule is Cc1cc(F)ccc1[C@H]1CN(C2CC[CH]CC2)CC[C@@H]1C(=O)N(C)[C@@H](C)c1cc(C(F)(F)F)cc(C(F)(F)F)c1. The molecule has 0 aromatic heterocycles. The van der Waals surface area contributed by atoms with Crippen LogP contribution in [-0.2, 0) is 17.1 Å². The number of alkyl halides is 6. The fraction of sp³-hybridized carbons (Fsp3) is 0.533. The number of amides is 1. The maximum atomic E-state index is 13.9. The summed E-state index contributed by atoms with van der Waals surface area (Å²) < 4.78 is 94.7. The zero-order chi connectivity index (χ0) is 29.4. The van der Waals surface area contributed by atoms with E-state index < -0.39 is 41.3 Å². The molecule has 4 rings (SSSR count). The number of hydrogen-bond acceptors (Lipinski definition) is 2. The molecule has 1 aliphatic heterocycles. The number of rotatable bonds is 5. The molecule has 2 aromatic carbocycles. The zero-order valence-electron chi connectivity index (χ0n) is 22.7. The summed E-state index contributed by atoms with van der Waals surface area (Å²) in [6.45, 7) is 4.43. The molecule has 2 fully saturated rings. The summed E-state index contributed by atoms with van der Waals surface area (Å²) in [4.78, 5) is 17.5. The van der Waals surface area contributed by atoms with Gasteiger partial charge in [0.15, 0.2) is 0 Å². The van der Waals surface area contributed by atoms with Gasteiger partial charge in [-0.25, -0.2) is 4.39 Å².